The zero-order valence-corrected chi connectivity index (χ0v) is 5.04. The number of hydrogen-bond acceptors (Lipinski definition) is 0. The minimum absolute atomic E-state index is 1.06. The van der Waals surface area contributed by atoms with Crippen molar-refractivity contribution in [2.45, 2.75) is 6.42 Å². The zero-order valence-electron chi connectivity index (χ0n) is 5.04. The van der Waals surface area contributed by atoms with Crippen LogP contribution in [0.5, 0.6) is 0 Å². The summed E-state index contributed by atoms with van der Waals surface area (Å²) in [5, 5.41) is 0. The smallest absolute Gasteiger partial charge is 0.168 e. The maximum absolute atomic E-state index is 2.12. The summed E-state index contributed by atoms with van der Waals surface area (Å²) < 4.78 is 2.03. The lowest BCUT2D eigenvalue weighted by Crippen LogP contribution is -1.92. The molecule has 1 heterocycles. The van der Waals surface area contributed by atoms with Crippen LogP contribution >= 0.6 is 0 Å². The number of allylic oxidation sites excluding steroid dienone is 3. The predicted molar refractivity (Wildman–Crippen MR) is 35.1 cm³/mol. The van der Waals surface area contributed by atoms with Gasteiger partial charge in [0.2, 0.25) is 0 Å². The fourth-order valence-corrected chi connectivity index (χ4v) is 0.631. The summed E-state index contributed by atoms with van der Waals surface area (Å²) in [6, 6.07) is 0. The second-order valence-electron chi connectivity index (χ2n) is 1.86. The van der Waals surface area contributed by atoms with E-state index in [-0.39, 0.29) is 0 Å². The Balaban J connectivity index is 2.73. The quantitative estimate of drug-likeness (QED) is 0.410. The van der Waals surface area contributed by atoms with E-state index in [9.17, 15) is 0 Å². The van der Waals surface area contributed by atoms with Gasteiger partial charge in [0, 0.05) is 0 Å². The molecule has 0 N–H and O–H groups in total. The lowest BCUT2D eigenvalue weighted by Gasteiger charge is -1.76. The average molecular weight is 108 g/mol. The van der Waals surface area contributed by atoms with Gasteiger partial charge in [-0.25, -0.2) is 4.58 Å². The molecule has 0 bridgehead atoms. The molecule has 1 rings (SSSR count). The van der Waals surface area contributed by atoms with Gasteiger partial charge in [0.25, 0.3) is 0 Å². The highest BCUT2D eigenvalue weighted by Gasteiger charge is 1.86. The van der Waals surface area contributed by atoms with Crippen LogP contribution in [0.1, 0.15) is 6.42 Å². The Morgan fingerprint density at radius 3 is 3.12 bits per heavy atom. The van der Waals surface area contributed by atoms with Gasteiger partial charge in [-0.2, -0.15) is 0 Å². The fourth-order valence-electron chi connectivity index (χ4n) is 0.631. The Bertz CT molecular complexity index is 152. The summed E-state index contributed by atoms with van der Waals surface area (Å²) >= 11 is 0. The Hall–Kier alpha value is -0.850. The van der Waals surface area contributed by atoms with Crippen molar-refractivity contribution < 1.29 is 4.58 Å². The lowest BCUT2D eigenvalue weighted by atomic mass is 10.4. The molecule has 0 saturated heterocycles. The maximum Gasteiger partial charge on any atom is 0.168 e. The maximum atomic E-state index is 2.12. The molecule has 0 spiro atoms. The SMILES string of the molecule is C[N+]1=CC=CCC=C1. The first-order valence-electron chi connectivity index (χ1n) is 2.78. The van der Waals surface area contributed by atoms with E-state index in [1.165, 1.54) is 0 Å². The normalized spacial score (nSPS) is 17.9. The molecule has 0 aliphatic carbocycles. The summed E-state index contributed by atoms with van der Waals surface area (Å²) in [5.74, 6) is 0. The Labute approximate surface area is 49.6 Å². The molecule has 0 radical (unpaired) electrons. The molecular formula is C7H10N+. The van der Waals surface area contributed by atoms with Crippen molar-refractivity contribution in [2.75, 3.05) is 7.05 Å². The van der Waals surface area contributed by atoms with Crippen LogP contribution in [0.25, 0.3) is 0 Å². The molecule has 0 aromatic carbocycles. The minimum atomic E-state index is 1.06. The molecule has 0 aromatic heterocycles. The largest absolute Gasteiger partial charge is 0.208 e. The molecule has 1 aliphatic rings. The minimum Gasteiger partial charge on any atom is -0.208 e. The average Bonchev–Trinajstić information content (AvgIpc) is 1.94. The van der Waals surface area contributed by atoms with Gasteiger partial charge in [0.05, 0.1) is 0 Å². The van der Waals surface area contributed by atoms with Gasteiger partial charge < -0.3 is 0 Å². The van der Waals surface area contributed by atoms with Gasteiger partial charge in [-0.05, 0) is 18.6 Å². The van der Waals surface area contributed by atoms with Gasteiger partial charge in [0.15, 0.2) is 12.4 Å². The summed E-state index contributed by atoms with van der Waals surface area (Å²) in [5.41, 5.74) is 0. The van der Waals surface area contributed by atoms with Gasteiger partial charge in [-0.3, -0.25) is 0 Å². The van der Waals surface area contributed by atoms with E-state index >= 15 is 0 Å². The lowest BCUT2D eigenvalue weighted by molar-refractivity contribution is -0.415. The molecular weight excluding hydrogens is 98.1 g/mol. The Morgan fingerprint density at radius 1 is 1.38 bits per heavy atom. The topological polar surface area (TPSA) is 3.01 Å². The monoisotopic (exact) mass is 108 g/mol. The van der Waals surface area contributed by atoms with Crippen LogP contribution < -0.4 is 0 Å². The van der Waals surface area contributed by atoms with E-state index in [0.29, 0.717) is 0 Å². The van der Waals surface area contributed by atoms with Crippen molar-refractivity contribution in [1.82, 2.24) is 0 Å². The van der Waals surface area contributed by atoms with E-state index in [2.05, 4.69) is 24.4 Å². The second kappa shape index (κ2) is 2.46. The third-order valence-electron chi connectivity index (χ3n) is 1.07. The van der Waals surface area contributed by atoms with Crippen LogP contribution in [0.3, 0.4) is 0 Å². The summed E-state index contributed by atoms with van der Waals surface area (Å²) in [4.78, 5) is 0. The van der Waals surface area contributed by atoms with Gasteiger partial charge in [-0.15, -0.1) is 0 Å². The molecule has 0 atom stereocenters. The van der Waals surface area contributed by atoms with Crippen molar-refractivity contribution in [2.24, 2.45) is 0 Å². The van der Waals surface area contributed by atoms with Gasteiger partial charge in [0.1, 0.15) is 7.05 Å². The fraction of sp³-hybridized carbons (Fsp3) is 0.286. The molecule has 0 aromatic rings. The van der Waals surface area contributed by atoms with Crippen molar-refractivity contribution in [3.8, 4) is 0 Å². The standard InChI is InChI=1S/C7H10N/c1-8-6-4-2-3-5-7-8/h2,4-7H,3H2,1H3/q+1. The Kier molecular flexibility index (Phi) is 1.62. The highest BCUT2D eigenvalue weighted by molar-refractivity contribution is 5.66. The first-order chi connectivity index (χ1) is 3.89. The predicted octanol–water partition coefficient (Wildman–Crippen LogP) is 1.17. The summed E-state index contributed by atoms with van der Waals surface area (Å²) in [6.07, 6.45) is 11.4. The number of rotatable bonds is 0. The van der Waals surface area contributed by atoms with Crippen LogP contribution in [-0.4, -0.2) is 17.8 Å². The molecule has 1 heteroatoms. The van der Waals surface area contributed by atoms with Gasteiger partial charge in [-0.1, -0.05) is 6.08 Å². The molecule has 1 aliphatic heterocycles. The van der Waals surface area contributed by atoms with E-state index in [1.807, 2.05) is 17.8 Å². The van der Waals surface area contributed by atoms with Gasteiger partial charge >= 0.3 is 0 Å². The molecule has 1 nitrogen and oxygen atoms in total. The number of hydrogen-bond donors (Lipinski definition) is 0. The molecule has 0 fully saturated rings. The van der Waals surface area contributed by atoms with Crippen LogP contribution in [-0.2, 0) is 0 Å². The van der Waals surface area contributed by atoms with E-state index in [0.717, 1.165) is 6.42 Å². The molecule has 0 saturated carbocycles. The van der Waals surface area contributed by atoms with E-state index in [1.54, 1.807) is 0 Å². The highest BCUT2D eigenvalue weighted by atomic mass is 14.9. The highest BCUT2D eigenvalue weighted by Crippen LogP contribution is 1.88. The van der Waals surface area contributed by atoms with Crippen LogP contribution in [0.2, 0.25) is 0 Å². The molecule has 0 amide bonds. The Morgan fingerprint density at radius 2 is 2.25 bits per heavy atom. The van der Waals surface area contributed by atoms with Crippen molar-refractivity contribution in [1.29, 1.82) is 0 Å². The van der Waals surface area contributed by atoms with Crippen LogP contribution in [0.4, 0.5) is 0 Å². The molecule has 0 unspecified atom stereocenters. The van der Waals surface area contributed by atoms with Crippen molar-refractivity contribution in [3.05, 3.63) is 24.4 Å². The van der Waals surface area contributed by atoms with E-state index < -0.39 is 0 Å². The first-order valence-corrected chi connectivity index (χ1v) is 2.78. The summed E-state index contributed by atoms with van der Waals surface area (Å²) in [7, 11) is 2.02. The van der Waals surface area contributed by atoms with Crippen LogP contribution in [0.15, 0.2) is 24.4 Å². The van der Waals surface area contributed by atoms with Crippen molar-refractivity contribution in [3.63, 3.8) is 0 Å². The molecule has 8 heavy (non-hydrogen) atoms. The molecule has 42 valence electrons. The third kappa shape index (κ3) is 1.34. The number of nitrogens with zero attached hydrogens (tertiary/aromatic N) is 1. The summed E-state index contributed by atoms with van der Waals surface area (Å²) in [6.45, 7) is 0. The third-order valence-corrected chi connectivity index (χ3v) is 1.07. The van der Waals surface area contributed by atoms with Crippen molar-refractivity contribution >= 4 is 6.21 Å². The van der Waals surface area contributed by atoms with Crippen LogP contribution in [0, 0.1) is 0 Å². The first kappa shape index (κ1) is 5.29. The van der Waals surface area contributed by atoms with E-state index in [4.69, 9.17) is 0 Å². The second-order valence-corrected chi connectivity index (χ2v) is 1.86. The zero-order chi connectivity index (χ0) is 5.82.